The van der Waals surface area contributed by atoms with E-state index in [1.54, 1.807) is 0 Å². The van der Waals surface area contributed by atoms with Gasteiger partial charge in [0.05, 0.1) is 0 Å². The Hall–Kier alpha value is -1.64. The molecule has 1 heterocycles. The van der Waals surface area contributed by atoms with Crippen LogP contribution in [0.2, 0.25) is 0 Å². The van der Waals surface area contributed by atoms with E-state index in [0.717, 1.165) is 6.54 Å². The van der Waals surface area contributed by atoms with E-state index >= 15 is 0 Å². The molecule has 0 aromatic heterocycles. The van der Waals surface area contributed by atoms with Crippen LogP contribution in [0.3, 0.4) is 0 Å². The summed E-state index contributed by atoms with van der Waals surface area (Å²) in [5, 5.41) is 0. The van der Waals surface area contributed by atoms with E-state index in [-0.39, 0.29) is 5.41 Å². The smallest absolute Gasteiger partial charge is 0.0483 e. The predicted molar refractivity (Wildman–Crippen MR) is 97.3 cm³/mol. The molecule has 2 nitrogen and oxygen atoms in total. The molecule has 23 heavy (non-hydrogen) atoms. The Morgan fingerprint density at radius 3 is 2.43 bits per heavy atom. The van der Waals surface area contributed by atoms with Crippen molar-refractivity contribution in [1.82, 2.24) is 4.90 Å². The van der Waals surface area contributed by atoms with Gasteiger partial charge in [-0.25, -0.2) is 0 Å². The van der Waals surface area contributed by atoms with E-state index in [1.165, 1.54) is 22.3 Å². The van der Waals surface area contributed by atoms with Gasteiger partial charge in [0.25, 0.3) is 0 Å². The van der Waals surface area contributed by atoms with Crippen molar-refractivity contribution in [2.45, 2.75) is 51.7 Å². The summed E-state index contributed by atoms with van der Waals surface area (Å²) in [6.07, 6.45) is 0. The van der Waals surface area contributed by atoms with Crippen LogP contribution >= 0.6 is 0 Å². The summed E-state index contributed by atoms with van der Waals surface area (Å²) in [6, 6.07) is 18.4. The topological polar surface area (TPSA) is 29.3 Å². The van der Waals surface area contributed by atoms with Gasteiger partial charge in [0.2, 0.25) is 0 Å². The predicted octanol–water partition coefficient (Wildman–Crippen LogP) is 4.56. The lowest BCUT2D eigenvalue weighted by Gasteiger charge is -2.31. The molecule has 1 aliphatic heterocycles. The van der Waals surface area contributed by atoms with Crippen LogP contribution in [0, 0.1) is 0 Å². The normalized spacial score (nSPS) is 19.6. The second kappa shape index (κ2) is 6.10. The van der Waals surface area contributed by atoms with Gasteiger partial charge in [0.15, 0.2) is 0 Å². The first-order valence-corrected chi connectivity index (χ1v) is 8.56. The quantitative estimate of drug-likeness (QED) is 0.900. The molecule has 0 saturated heterocycles. The maximum Gasteiger partial charge on any atom is 0.0483 e. The highest BCUT2D eigenvalue weighted by atomic mass is 15.2. The fraction of sp³-hybridized carbons (Fsp3) is 0.429. The molecule has 1 aliphatic rings. The van der Waals surface area contributed by atoms with E-state index in [4.69, 9.17) is 5.73 Å². The highest BCUT2D eigenvalue weighted by Gasteiger charge is 2.33. The zero-order valence-corrected chi connectivity index (χ0v) is 14.7. The molecule has 0 aliphatic carbocycles. The Balaban J connectivity index is 1.94. The van der Waals surface area contributed by atoms with Gasteiger partial charge in [0, 0.05) is 25.2 Å². The molecule has 2 heteroatoms. The van der Waals surface area contributed by atoms with Gasteiger partial charge in [0.1, 0.15) is 0 Å². The summed E-state index contributed by atoms with van der Waals surface area (Å²) in [7, 11) is 0. The second-order valence-corrected chi connectivity index (χ2v) is 7.67. The number of benzene rings is 2. The van der Waals surface area contributed by atoms with Crippen LogP contribution in [0.1, 0.15) is 62.0 Å². The molecule has 0 radical (unpaired) electrons. The summed E-state index contributed by atoms with van der Waals surface area (Å²) in [5.41, 5.74) is 11.9. The van der Waals surface area contributed by atoms with Gasteiger partial charge < -0.3 is 5.73 Å². The number of nitrogens with zero attached hydrogens (tertiary/aromatic N) is 1. The molecular formula is C21H28N2. The van der Waals surface area contributed by atoms with Gasteiger partial charge in [-0.15, -0.1) is 0 Å². The summed E-state index contributed by atoms with van der Waals surface area (Å²) in [4.78, 5) is 2.53. The van der Waals surface area contributed by atoms with Crippen molar-refractivity contribution < 1.29 is 0 Å². The Morgan fingerprint density at radius 1 is 1.13 bits per heavy atom. The SMILES string of the molecule is CC(c1ccccc1)N1Cc2ccc(C(C)(C)C)cc2C1CN. The number of hydrogen-bond acceptors (Lipinski definition) is 2. The second-order valence-electron chi connectivity index (χ2n) is 7.67. The third kappa shape index (κ3) is 3.06. The molecule has 2 aromatic carbocycles. The number of fused-ring (bicyclic) bond motifs is 1. The number of nitrogens with two attached hydrogens (primary N) is 1. The fourth-order valence-corrected chi connectivity index (χ4v) is 3.59. The van der Waals surface area contributed by atoms with Crippen molar-refractivity contribution in [2.75, 3.05) is 6.54 Å². The first-order valence-electron chi connectivity index (χ1n) is 8.56. The van der Waals surface area contributed by atoms with Crippen molar-refractivity contribution >= 4 is 0 Å². The minimum absolute atomic E-state index is 0.173. The largest absolute Gasteiger partial charge is 0.329 e. The minimum Gasteiger partial charge on any atom is -0.329 e. The average Bonchev–Trinajstić information content (AvgIpc) is 2.91. The molecule has 3 rings (SSSR count). The summed E-state index contributed by atoms with van der Waals surface area (Å²) in [6.45, 7) is 10.7. The molecule has 2 unspecified atom stereocenters. The Morgan fingerprint density at radius 2 is 1.83 bits per heavy atom. The molecule has 122 valence electrons. The number of hydrogen-bond donors (Lipinski definition) is 1. The summed E-state index contributed by atoms with van der Waals surface area (Å²) < 4.78 is 0. The molecule has 0 saturated carbocycles. The first-order chi connectivity index (χ1) is 10.9. The van der Waals surface area contributed by atoms with Crippen molar-refractivity contribution in [3.05, 3.63) is 70.8 Å². The Kier molecular flexibility index (Phi) is 4.31. The molecule has 0 fully saturated rings. The zero-order chi connectivity index (χ0) is 16.6. The Labute approximate surface area is 140 Å². The average molecular weight is 308 g/mol. The van der Waals surface area contributed by atoms with Crippen LogP contribution in [0.15, 0.2) is 48.5 Å². The van der Waals surface area contributed by atoms with Gasteiger partial charge in [-0.1, -0.05) is 69.3 Å². The van der Waals surface area contributed by atoms with E-state index < -0.39 is 0 Å². The third-order valence-electron chi connectivity index (χ3n) is 5.13. The van der Waals surface area contributed by atoms with Crippen LogP contribution in [0.5, 0.6) is 0 Å². The van der Waals surface area contributed by atoms with E-state index in [1.807, 2.05) is 0 Å². The molecule has 2 N–H and O–H groups in total. The molecular weight excluding hydrogens is 280 g/mol. The van der Waals surface area contributed by atoms with Gasteiger partial charge in [-0.3, -0.25) is 4.90 Å². The van der Waals surface area contributed by atoms with Crippen LogP contribution in [0.25, 0.3) is 0 Å². The van der Waals surface area contributed by atoms with Crippen LogP contribution in [-0.2, 0) is 12.0 Å². The molecule has 2 aromatic rings. The number of rotatable bonds is 3. The van der Waals surface area contributed by atoms with Crippen molar-refractivity contribution in [3.63, 3.8) is 0 Å². The van der Waals surface area contributed by atoms with Gasteiger partial charge in [-0.2, -0.15) is 0 Å². The molecule has 2 atom stereocenters. The van der Waals surface area contributed by atoms with E-state index in [0.29, 0.717) is 18.6 Å². The lowest BCUT2D eigenvalue weighted by molar-refractivity contribution is 0.161. The maximum absolute atomic E-state index is 6.17. The third-order valence-corrected chi connectivity index (χ3v) is 5.13. The maximum atomic E-state index is 6.17. The zero-order valence-electron chi connectivity index (χ0n) is 14.7. The molecule has 0 amide bonds. The lowest BCUT2D eigenvalue weighted by Crippen LogP contribution is -2.30. The first kappa shape index (κ1) is 16.2. The molecule has 0 spiro atoms. The van der Waals surface area contributed by atoms with Crippen LogP contribution < -0.4 is 5.73 Å². The van der Waals surface area contributed by atoms with Gasteiger partial charge in [-0.05, 0) is 34.6 Å². The summed E-state index contributed by atoms with van der Waals surface area (Å²) in [5.74, 6) is 0. The Bertz CT molecular complexity index is 670. The van der Waals surface area contributed by atoms with E-state index in [2.05, 4.69) is 81.1 Å². The van der Waals surface area contributed by atoms with Crippen LogP contribution in [0.4, 0.5) is 0 Å². The monoisotopic (exact) mass is 308 g/mol. The minimum atomic E-state index is 0.173. The highest BCUT2D eigenvalue weighted by Crippen LogP contribution is 2.40. The molecule has 0 bridgehead atoms. The van der Waals surface area contributed by atoms with Crippen molar-refractivity contribution in [3.8, 4) is 0 Å². The van der Waals surface area contributed by atoms with Gasteiger partial charge >= 0.3 is 0 Å². The highest BCUT2D eigenvalue weighted by molar-refractivity contribution is 5.41. The van der Waals surface area contributed by atoms with Crippen LogP contribution in [-0.4, -0.2) is 11.4 Å². The van der Waals surface area contributed by atoms with Crippen molar-refractivity contribution in [2.24, 2.45) is 5.73 Å². The van der Waals surface area contributed by atoms with E-state index in [9.17, 15) is 0 Å². The lowest BCUT2D eigenvalue weighted by atomic mass is 9.85. The summed E-state index contributed by atoms with van der Waals surface area (Å²) >= 11 is 0. The van der Waals surface area contributed by atoms with Crippen molar-refractivity contribution in [1.29, 1.82) is 0 Å². The standard InChI is InChI=1S/C21H28N2/c1-15(16-8-6-5-7-9-16)23-14-17-10-11-18(21(2,3)4)12-19(17)20(23)13-22/h5-12,15,20H,13-14,22H2,1-4H3. The fourth-order valence-electron chi connectivity index (χ4n) is 3.59.